The van der Waals surface area contributed by atoms with Crippen LogP contribution in [0.4, 0.5) is 0 Å². The Kier molecular flexibility index (Phi) is 2.89. The molecule has 0 aromatic heterocycles. The third kappa shape index (κ3) is 1.78. The van der Waals surface area contributed by atoms with Gasteiger partial charge in [0.15, 0.2) is 0 Å². The lowest BCUT2D eigenvalue weighted by Crippen LogP contribution is -2.42. The number of ether oxygens (including phenoxy) is 1. The van der Waals surface area contributed by atoms with E-state index >= 15 is 0 Å². The van der Waals surface area contributed by atoms with Crippen LogP contribution in [-0.4, -0.2) is 29.2 Å². The first-order valence-electron chi connectivity index (χ1n) is 7.24. The second-order valence-corrected chi connectivity index (χ2v) is 7.07. The van der Waals surface area contributed by atoms with Crippen LogP contribution in [0.25, 0.3) is 0 Å². The van der Waals surface area contributed by atoms with Gasteiger partial charge in [-0.3, -0.25) is 4.79 Å². The lowest BCUT2D eigenvalue weighted by atomic mass is 10.0. The van der Waals surface area contributed by atoms with Gasteiger partial charge in [-0.15, -0.1) is 11.8 Å². The van der Waals surface area contributed by atoms with Gasteiger partial charge in [0.1, 0.15) is 10.6 Å². The molecule has 3 nitrogen and oxygen atoms in total. The van der Waals surface area contributed by atoms with Gasteiger partial charge in [0.2, 0.25) is 5.91 Å². The molecule has 21 heavy (non-hydrogen) atoms. The van der Waals surface area contributed by atoms with E-state index in [4.69, 9.17) is 4.74 Å². The van der Waals surface area contributed by atoms with E-state index in [1.165, 1.54) is 5.56 Å². The van der Waals surface area contributed by atoms with Gasteiger partial charge < -0.3 is 9.64 Å². The molecule has 2 heterocycles. The van der Waals surface area contributed by atoms with Crippen LogP contribution < -0.4 is 0 Å². The van der Waals surface area contributed by atoms with Crippen LogP contribution in [0.5, 0.6) is 0 Å². The Morgan fingerprint density at radius 1 is 1.33 bits per heavy atom. The molecular formula is C17H17NO2S. The second kappa shape index (κ2) is 4.67. The van der Waals surface area contributed by atoms with Gasteiger partial charge in [-0.1, -0.05) is 36.4 Å². The van der Waals surface area contributed by atoms with Crippen molar-refractivity contribution in [3.8, 4) is 0 Å². The standard InChI is InChI=1S/C17H17NO2S/c1-20-13-7-8-14-15(11-13)21-17(10-9-16(19)18(14)17)12-5-3-2-4-6-12/h2-8,11,14-15H,9-10H2,1H3. The van der Waals surface area contributed by atoms with Crippen molar-refractivity contribution in [2.24, 2.45) is 0 Å². The van der Waals surface area contributed by atoms with Crippen LogP contribution in [0.1, 0.15) is 18.4 Å². The fraction of sp³-hybridized carbons (Fsp3) is 0.353. The van der Waals surface area contributed by atoms with E-state index in [1.54, 1.807) is 7.11 Å². The predicted octanol–water partition coefficient (Wildman–Crippen LogP) is 3.05. The van der Waals surface area contributed by atoms with Gasteiger partial charge in [-0.25, -0.2) is 0 Å². The maximum atomic E-state index is 12.5. The summed E-state index contributed by atoms with van der Waals surface area (Å²) in [5, 5.41) is 0.273. The minimum Gasteiger partial charge on any atom is -0.497 e. The van der Waals surface area contributed by atoms with Gasteiger partial charge in [0, 0.05) is 6.42 Å². The van der Waals surface area contributed by atoms with E-state index in [9.17, 15) is 4.79 Å². The molecular weight excluding hydrogens is 282 g/mol. The highest BCUT2D eigenvalue weighted by atomic mass is 32.2. The van der Waals surface area contributed by atoms with Crippen molar-refractivity contribution in [3.05, 3.63) is 59.9 Å². The van der Waals surface area contributed by atoms with Crippen LogP contribution >= 0.6 is 11.8 Å². The van der Waals surface area contributed by atoms with E-state index < -0.39 is 0 Å². The molecule has 2 aliphatic heterocycles. The molecule has 1 amide bonds. The fourth-order valence-corrected chi connectivity index (χ4v) is 5.44. The summed E-state index contributed by atoms with van der Waals surface area (Å²) in [5.41, 5.74) is 1.23. The van der Waals surface area contributed by atoms with E-state index in [2.05, 4.69) is 41.3 Å². The Hall–Kier alpha value is -1.68. The number of hydrogen-bond donors (Lipinski definition) is 0. The third-order valence-corrected chi connectivity index (χ3v) is 6.26. The van der Waals surface area contributed by atoms with Gasteiger partial charge in [0.05, 0.1) is 18.4 Å². The summed E-state index contributed by atoms with van der Waals surface area (Å²) >= 11 is 1.89. The maximum absolute atomic E-state index is 12.5. The molecule has 4 rings (SSSR count). The average Bonchev–Trinajstić information content (AvgIpc) is 3.03. The zero-order valence-electron chi connectivity index (χ0n) is 11.9. The Bertz CT molecular complexity index is 639. The van der Waals surface area contributed by atoms with Crippen molar-refractivity contribution >= 4 is 17.7 Å². The van der Waals surface area contributed by atoms with Gasteiger partial charge in [-0.2, -0.15) is 0 Å². The van der Waals surface area contributed by atoms with Crippen molar-refractivity contribution in [2.75, 3.05) is 7.11 Å². The van der Waals surface area contributed by atoms with E-state index in [0.717, 1.165) is 12.2 Å². The van der Waals surface area contributed by atoms with Crippen LogP contribution in [0, 0.1) is 0 Å². The number of nitrogens with zero attached hydrogens (tertiary/aromatic N) is 1. The molecule has 0 radical (unpaired) electrons. The molecule has 3 atom stereocenters. The maximum Gasteiger partial charge on any atom is 0.224 e. The number of amides is 1. The van der Waals surface area contributed by atoms with Crippen LogP contribution in [0.3, 0.4) is 0 Å². The highest BCUT2D eigenvalue weighted by Gasteiger charge is 2.58. The number of rotatable bonds is 2. The van der Waals surface area contributed by atoms with Crippen LogP contribution in [0.2, 0.25) is 0 Å². The molecule has 0 bridgehead atoms. The number of carbonyl (C=O) groups excluding carboxylic acids is 1. The van der Waals surface area contributed by atoms with Crippen molar-refractivity contribution in [1.29, 1.82) is 0 Å². The van der Waals surface area contributed by atoms with E-state index in [-0.39, 0.29) is 22.1 Å². The molecule has 108 valence electrons. The quantitative estimate of drug-likeness (QED) is 0.840. The minimum atomic E-state index is -0.211. The molecule has 3 aliphatic rings. The van der Waals surface area contributed by atoms with Crippen molar-refractivity contribution in [3.63, 3.8) is 0 Å². The normalized spacial score (nSPS) is 33.7. The summed E-state index contributed by atoms with van der Waals surface area (Å²) in [6.07, 6.45) is 7.77. The molecule has 1 aromatic rings. The number of carbonyl (C=O) groups is 1. The second-order valence-electron chi connectivity index (χ2n) is 5.62. The first-order chi connectivity index (χ1) is 10.2. The summed E-state index contributed by atoms with van der Waals surface area (Å²) < 4.78 is 5.34. The highest BCUT2D eigenvalue weighted by Crippen LogP contribution is 2.58. The topological polar surface area (TPSA) is 29.5 Å². The largest absolute Gasteiger partial charge is 0.497 e. The lowest BCUT2D eigenvalue weighted by molar-refractivity contribution is -0.130. The van der Waals surface area contributed by atoms with Crippen LogP contribution in [-0.2, 0) is 14.4 Å². The van der Waals surface area contributed by atoms with Gasteiger partial charge >= 0.3 is 0 Å². The zero-order chi connectivity index (χ0) is 14.4. The monoisotopic (exact) mass is 299 g/mol. The Labute approximate surface area is 128 Å². The van der Waals surface area contributed by atoms with E-state index in [0.29, 0.717) is 6.42 Å². The van der Waals surface area contributed by atoms with E-state index in [1.807, 2.05) is 23.9 Å². The van der Waals surface area contributed by atoms with Crippen molar-refractivity contribution in [1.82, 2.24) is 4.90 Å². The Morgan fingerprint density at radius 2 is 2.14 bits per heavy atom. The molecule has 0 spiro atoms. The number of allylic oxidation sites excluding steroid dienone is 1. The number of benzene rings is 1. The average molecular weight is 299 g/mol. The molecule has 4 heteroatoms. The number of methoxy groups -OCH3 is 1. The first-order valence-corrected chi connectivity index (χ1v) is 8.12. The summed E-state index contributed by atoms with van der Waals surface area (Å²) in [4.78, 5) is 14.4. The summed E-state index contributed by atoms with van der Waals surface area (Å²) in [6.45, 7) is 0. The third-order valence-electron chi connectivity index (χ3n) is 4.55. The van der Waals surface area contributed by atoms with Crippen molar-refractivity contribution in [2.45, 2.75) is 29.0 Å². The molecule has 1 aromatic carbocycles. The molecule has 2 saturated heterocycles. The summed E-state index contributed by atoms with van der Waals surface area (Å²) in [6, 6.07) is 10.6. The lowest BCUT2D eigenvalue weighted by Gasteiger charge is -2.33. The summed E-state index contributed by atoms with van der Waals surface area (Å²) in [5.74, 6) is 1.15. The van der Waals surface area contributed by atoms with Crippen LogP contribution in [0.15, 0.2) is 54.3 Å². The Morgan fingerprint density at radius 3 is 2.90 bits per heavy atom. The smallest absolute Gasteiger partial charge is 0.224 e. The highest BCUT2D eigenvalue weighted by molar-refractivity contribution is 8.01. The van der Waals surface area contributed by atoms with Gasteiger partial charge in [0.25, 0.3) is 0 Å². The SMILES string of the molecule is COC1=CC2SC3(c4ccccc4)CCC(=O)N3C2C=C1. The number of fused-ring (bicyclic) bond motifs is 3. The number of hydrogen-bond acceptors (Lipinski definition) is 3. The fourth-order valence-electron chi connectivity index (χ4n) is 3.61. The van der Waals surface area contributed by atoms with Gasteiger partial charge in [-0.05, 0) is 24.1 Å². The Balaban J connectivity index is 1.80. The first kappa shape index (κ1) is 13.0. The molecule has 2 fully saturated rings. The molecule has 1 aliphatic carbocycles. The molecule has 0 saturated carbocycles. The minimum absolute atomic E-state index is 0.143. The van der Waals surface area contributed by atoms with Crippen molar-refractivity contribution < 1.29 is 9.53 Å². The molecule has 0 N–H and O–H groups in total. The predicted molar refractivity (Wildman–Crippen MR) is 83.6 cm³/mol. The molecule has 3 unspecified atom stereocenters. The zero-order valence-corrected chi connectivity index (χ0v) is 12.7. The summed E-state index contributed by atoms with van der Waals surface area (Å²) in [7, 11) is 1.69. The number of thioether (sulfide) groups is 1.